The highest BCUT2D eigenvalue weighted by Crippen LogP contribution is 2.24. The molecule has 0 bridgehead atoms. The van der Waals surface area contributed by atoms with Crippen LogP contribution in [-0.2, 0) is 13.1 Å². The van der Waals surface area contributed by atoms with Crippen LogP contribution in [0.3, 0.4) is 0 Å². The smallest absolute Gasteiger partial charge is 0.0683 e. The van der Waals surface area contributed by atoms with Gasteiger partial charge < -0.3 is 10.3 Å². The third kappa shape index (κ3) is 3.20. The number of aryl methyl sites for hydroxylation is 1. The Kier molecular flexibility index (Phi) is 4.46. The Morgan fingerprint density at radius 1 is 1.25 bits per heavy atom. The summed E-state index contributed by atoms with van der Waals surface area (Å²) in [4.78, 5) is 0. The quantitative estimate of drug-likeness (QED) is 0.810. The molecule has 0 fully saturated rings. The average Bonchev–Trinajstić information content (AvgIpc) is 2.82. The van der Waals surface area contributed by atoms with Gasteiger partial charge in [0.1, 0.15) is 0 Å². The van der Waals surface area contributed by atoms with Gasteiger partial charge in [-0.15, -0.1) is 0 Å². The van der Waals surface area contributed by atoms with E-state index in [0.717, 1.165) is 25.8 Å². The van der Waals surface area contributed by atoms with E-state index in [0.29, 0.717) is 6.54 Å². The van der Waals surface area contributed by atoms with Gasteiger partial charge in [-0.1, -0.05) is 24.6 Å². The van der Waals surface area contributed by atoms with Gasteiger partial charge in [0.05, 0.1) is 11.5 Å². The van der Waals surface area contributed by atoms with Crippen molar-refractivity contribution in [2.75, 3.05) is 0 Å². The van der Waals surface area contributed by atoms with Crippen molar-refractivity contribution in [3.8, 4) is 6.07 Å². The van der Waals surface area contributed by atoms with Gasteiger partial charge in [-0.05, 0) is 38.3 Å². The summed E-state index contributed by atoms with van der Waals surface area (Å²) in [5.41, 5.74) is 8.07. The van der Waals surface area contributed by atoms with E-state index in [1.165, 1.54) is 16.5 Å². The third-order valence-corrected chi connectivity index (χ3v) is 3.84. The summed E-state index contributed by atoms with van der Waals surface area (Å²) in [6, 6.07) is 10.8. The van der Waals surface area contributed by atoms with Gasteiger partial charge in [0.15, 0.2) is 0 Å². The molecule has 2 aromatic rings. The first-order valence-electron chi connectivity index (χ1n) is 7.25. The Bertz CT molecular complexity index is 617. The van der Waals surface area contributed by atoms with Crippen LogP contribution >= 0.6 is 0 Å². The minimum atomic E-state index is -0.207. The Hall–Kier alpha value is -1.79. The summed E-state index contributed by atoms with van der Waals surface area (Å²) in [7, 11) is 0. The lowest BCUT2D eigenvalue weighted by atomic mass is 9.89. The maximum Gasteiger partial charge on any atom is 0.0683 e. The summed E-state index contributed by atoms with van der Waals surface area (Å²) in [5, 5.41) is 10.3. The van der Waals surface area contributed by atoms with E-state index in [4.69, 9.17) is 11.0 Å². The number of hydrogen-bond donors (Lipinski definition) is 1. The van der Waals surface area contributed by atoms with Crippen LogP contribution < -0.4 is 5.73 Å². The molecule has 0 radical (unpaired) electrons. The highest BCUT2D eigenvalue weighted by atomic mass is 15.0. The van der Waals surface area contributed by atoms with Crippen molar-refractivity contribution >= 4 is 10.9 Å². The number of nitriles is 1. The van der Waals surface area contributed by atoms with E-state index < -0.39 is 0 Å². The standard InChI is InChI=1S/C17H23N3/c1-17(2,13-19)9-5-6-10-20-12-14(11-18)15-7-3-4-8-16(15)20/h3-4,7-8,12H,5-6,9-11,18H2,1-2H3. The number of rotatable bonds is 6. The van der Waals surface area contributed by atoms with Gasteiger partial charge in [-0.25, -0.2) is 0 Å². The van der Waals surface area contributed by atoms with Gasteiger partial charge >= 0.3 is 0 Å². The maximum absolute atomic E-state index is 9.02. The van der Waals surface area contributed by atoms with Crippen LogP contribution in [0.1, 0.15) is 38.7 Å². The van der Waals surface area contributed by atoms with Gasteiger partial charge in [-0.3, -0.25) is 0 Å². The van der Waals surface area contributed by atoms with Crippen LogP contribution in [-0.4, -0.2) is 4.57 Å². The van der Waals surface area contributed by atoms with Crippen LogP contribution in [0.5, 0.6) is 0 Å². The van der Waals surface area contributed by atoms with Gasteiger partial charge in [-0.2, -0.15) is 5.26 Å². The molecule has 0 aliphatic carbocycles. The number of para-hydroxylation sites is 1. The Morgan fingerprint density at radius 3 is 2.70 bits per heavy atom. The number of hydrogen-bond acceptors (Lipinski definition) is 2. The van der Waals surface area contributed by atoms with E-state index >= 15 is 0 Å². The largest absolute Gasteiger partial charge is 0.347 e. The monoisotopic (exact) mass is 269 g/mol. The fraction of sp³-hybridized carbons (Fsp3) is 0.471. The fourth-order valence-corrected chi connectivity index (χ4v) is 2.58. The highest BCUT2D eigenvalue weighted by Gasteiger charge is 2.15. The SMILES string of the molecule is CC(C)(C#N)CCCCn1cc(CN)c2ccccc21. The average molecular weight is 269 g/mol. The zero-order valence-corrected chi connectivity index (χ0v) is 12.4. The summed E-state index contributed by atoms with van der Waals surface area (Å²) >= 11 is 0. The summed E-state index contributed by atoms with van der Waals surface area (Å²) in [6.45, 7) is 5.58. The topological polar surface area (TPSA) is 54.7 Å². The second kappa shape index (κ2) is 6.11. The highest BCUT2D eigenvalue weighted by molar-refractivity contribution is 5.83. The summed E-state index contributed by atoms with van der Waals surface area (Å²) in [6.07, 6.45) is 5.28. The van der Waals surface area contributed by atoms with E-state index in [1.54, 1.807) is 0 Å². The number of nitrogens with two attached hydrogens (primary N) is 1. The van der Waals surface area contributed by atoms with Gasteiger partial charge in [0, 0.05) is 30.2 Å². The first-order valence-corrected chi connectivity index (χ1v) is 7.25. The van der Waals surface area contributed by atoms with Crippen LogP contribution in [0.2, 0.25) is 0 Å². The molecule has 2 rings (SSSR count). The first-order chi connectivity index (χ1) is 9.57. The van der Waals surface area contributed by atoms with E-state index in [-0.39, 0.29) is 5.41 Å². The van der Waals surface area contributed by atoms with Crippen molar-refractivity contribution in [2.24, 2.45) is 11.1 Å². The van der Waals surface area contributed by atoms with Crippen molar-refractivity contribution in [2.45, 2.75) is 46.2 Å². The van der Waals surface area contributed by atoms with E-state index in [9.17, 15) is 0 Å². The normalized spacial score (nSPS) is 11.7. The zero-order chi connectivity index (χ0) is 14.6. The second-order valence-corrected chi connectivity index (χ2v) is 6.02. The number of nitrogens with zero attached hydrogens (tertiary/aromatic N) is 2. The molecule has 106 valence electrons. The molecule has 20 heavy (non-hydrogen) atoms. The predicted octanol–water partition coefficient (Wildman–Crippen LogP) is 3.82. The lowest BCUT2D eigenvalue weighted by Crippen LogP contribution is -2.08. The minimum Gasteiger partial charge on any atom is -0.347 e. The van der Waals surface area contributed by atoms with Crippen molar-refractivity contribution in [1.29, 1.82) is 5.26 Å². The maximum atomic E-state index is 9.02. The molecule has 0 atom stereocenters. The molecule has 0 amide bonds. The molecule has 3 heteroatoms. The molecule has 1 aromatic carbocycles. The molecule has 0 unspecified atom stereocenters. The van der Waals surface area contributed by atoms with Crippen molar-refractivity contribution in [3.63, 3.8) is 0 Å². The molecule has 1 heterocycles. The molecular formula is C17H23N3. The number of unbranched alkanes of at least 4 members (excludes halogenated alkanes) is 1. The van der Waals surface area contributed by atoms with Crippen LogP contribution in [0, 0.1) is 16.7 Å². The van der Waals surface area contributed by atoms with Crippen LogP contribution in [0.15, 0.2) is 30.5 Å². The molecule has 0 aliphatic rings. The van der Waals surface area contributed by atoms with E-state index in [1.807, 2.05) is 13.8 Å². The van der Waals surface area contributed by atoms with Crippen molar-refractivity contribution in [3.05, 3.63) is 36.0 Å². The van der Waals surface area contributed by atoms with Crippen molar-refractivity contribution in [1.82, 2.24) is 4.57 Å². The number of aromatic nitrogens is 1. The second-order valence-electron chi connectivity index (χ2n) is 6.02. The molecule has 0 saturated heterocycles. The summed E-state index contributed by atoms with van der Waals surface area (Å²) < 4.78 is 2.29. The first kappa shape index (κ1) is 14.6. The lowest BCUT2D eigenvalue weighted by Gasteiger charge is -2.14. The number of fused-ring (bicyclic) bond motifs is 1. The minimum absolute atomic E-state index is 0.207. The third-order valence-electron chi connectivity index (χ3n) is 3.84. The summed E-state index contributed by atoms with van der Waals surface area (Å²) in [5.74, 6) is 0. The zero-order valence-electron chi connectivity index (χ0n) is 12.4. The van der Waals surface area contributed by atoms with Crippen molar-refractivity contribution < 1.29 is 0 Å². The van der Waals surface area contributed by atoms with Crippen LogP contribution in [0.4, 0.5) is 0 Å². The predicted molar refractivity (Wildman–Crippen MR) is 83.1 cm³/mol. The Labute approximate surface area is 121 Å². The van der Waals surface area contributed by atoms with E-state index in [2.05, 4.69) is 41.1 Å². The fourth-order valence-electron chi connectivity index (χ4n) is 2.58. The number of benzene rings is 1. The molecular weight excluding hydrogens is 246 g/mol. The lowest BCUT2D eigenvalue weighted by molar-refractivity contribution is 0.418. The van der Waals surface area contributed by atoms with Gasteiger partial charge in [0.2, 0.25) is 0 Å². The molecule has 0 spiro atoms. The molecule has 1 aromatic heterocycles. The molecule has 0 aliphatic heterocycles. The van der Waals surface area contributed by atoms with Gasteiger partial charge in [0.25, 0.3) is 0 Å². The Balaban J connectivity index is 2.02. The molecule has 0 saturated carbocycles. The molecule has 3 nitrogen and oxygen atoms in total. The molecule has 2 N–H and O–H groups in total. The Morgan fingerprint density at radius 2 is 2.00 bits per heavy atom. The van der Waals surface area contributed by atoms with Crippen LogP contribution in [0.25, 0.3) is 10.9 Å².